The standard InChI is InChI=1S/C12H10ClNO/c13-12-7-9(8-15)1-2-11(12)10-3-5-14-6-4-10/h1-3,6-8H,4-5H2. The molecule has 0 spiro atoms. The van der Waals surface area contributed by atoms with Gasteiger partial charge in [0.2, 0.25) is 0 Å². The van der Waals surface area contributed by atoms with Crippen LogP contribution in [0.4, 0.5) is 0 Å². The monoisotopic (exact) mass is 219 g/mol. The highest BCUT2D eigenvalue weighted by molar-refractivity contribution is 6.32. The summed E-state index contributed by atoms with van der Waals surface area (Å²) < 4.78 is 0. The Labute approximate surface area is 93.3 Å². The first-order valence-electron chi connectivity index (χ1n) is 4.73. The minimum Gasteiger partial charge on any atom is -0.298 e. The molecule has 3 heteroatoms. The van der Waals surface area contributed by atoms with Crippen LogP contribution in [0, 0.1) is 0 Å². The van der Waals surface area contributed by atoms with Gasteiger partial charge in [-0.15, -0.1) is 0 Å². The highest BCUT2D eigenvalue weighted by Crippen LogP contribution is 2.27. The first-order valence-corrected chi connectivity index (χ1v) is 5.11. The van der Waals surface area contributed by atoms with Gasteiger partial charge in [-0.3, -0.25) is 9.79 Å². The molecule has 1 aromatic carbocycles. The lowest BCUT2D eigenvalue weighted by Crippen LogP contribution is -1.95. The highest BCUT2D eigenvalue weighted by atomic mass is 35.5. The average molecular weight is 220 g/mol. The highest BCUT2D eigenvalue weighted by Gasteiger charge is 2.07. The first kappa shape index (κ1) is 10.1. The van der Waals surface area contributed by atoms with Crippen LogP contribution in [0.2, 0.25) is 5.02 Å². The van der Waals surface area contributed by atoms with E-state index in [1.807, 2.05) is 12.3 Å². The van der Waals surface area contributed by atoms with Crippen molar-refractivity contribution in [2.75, 3.05) is 6.54 Å². The average Bonchev–Trinajstić information content (AvgIpc) is 2.30. The second kappa shape index (κ2) is 4.41. The largest absolute Gasteiger partial charge is 0.298 e. The summed E-state index contributed by atoms with van der Waals surface area (Å²) in [6.07, 6.45) is 5.55. The van der Waals surface area contributed by atoms with Crippen molar-refractivity contribution >= 4 is 29.7 Å². The number of dihydropyridines is 1. The molecule has 2 rings (SSSR count). The smallest absolute Gasteiger partial charge is 0.150 e. The van der Waals surface area contributed by atoms with Crippen molar-refractivity contribution < 1.29 is 4.79 Å². The predicted octanol–water partition coefficient (Wildman–Crippen LogP) is 3.01. The number of benzene rings is 1. The van der Waals surface area contributed by atoms with E-state index in [-0.39, 0.29) is 0 Å². The van der Waals surface area contributed by atoms with Gasteiger partial charge < -0.3 is 0 Å². The zero-order valence-corrected chi connectivity index (χ0v) is 8.87. The van der Waals surface area contributed by atoms with Crippen LogP contribution in [-0.2, 0) is 0 Å². The fraction of sp³-hybridized carbons (Fsp3) is 0.167. The predicted molar refractivity (Wildman–Crippen MR) is 62.8 cm³/mol. The van der Waals surface area contributed by atoms with E-state index < -0.39 is 0 Å². The van der Waals surface area contributed by atoms with Gasteiger partial charge in [0.05, 0.1) is 6.54 Å². The maximum Gasteiger partial charge on any atom is 0.150 e. The van der Waals surface area contributed by atoms with Crippen molar-refractivity contribution in [2.24, 2.45) is 4.99 Å². The maximum absolute atomic E-state index is 10.6. The first-order chi connectivity index (χ1) is 7.31. The molecule has 0 atom stereocenters. The molecule has 0 saturated heterocycles. The Morgan fingerprint density at radius 1 is 1.40 bits per heavy atom. The third-order valence-corrected chi connectivity index (χ3v) is 2.67. The lowest BCUT2D eigenvalue weighted by Gasteiger charge is -2.10. The molecule has 0 saturated carbocycles. The van der Waals surface area contributed by atoms with Crippen LogP contribution in [0.15, 0.2) is 29.3 Å². The molecule has 0 N–H and O–H groups in total. The molecule has 1 aliphatic heterocycles. The van der Waals surface area contributed by atoms with E-state index in [1.165, 1.54) is 5.57 Å². The van der Waals surface area contributed by atoms with Gasteiger partial charge in [0.25, 0.3) is 0 Å². The normalized spacial score (nSPS) is 14.9. The fourth-order valence-electron chi connectivity index (χ4n) is 1.57. The second-order valence-corrected chi connectivity index (χ2v) is 3.75. The van der Waals surface area contributed by atoms with Crippen molar-refractivity contribution in [1.82, 2.24) is 0 Å². The Morgan fingerprint density at radius 2 is 2.27 bits per heavy atom. The van der Waals surface area contributed by atoms with Crippen LogP contribution in [0.25, 0.3) is 5.57 Å². The van der Waals surface area contributed by atoms with Gasteiger partial charge in [-0.1, -0.05) is 29.8 Å². The van der Waals surface area contributed by atoms with Crippen LogP contribution in [-0.4, -0.2) is 19.0 Å². The third-order valence-electron chi connectivity index (χ3n) is 2.36. The van der Waals surface area contributed by atoms with Crippen molar-refractivity contribution in [2.45, 2.75) is 6.42 Å². The van der Waals surface area contributed by atoms with E-state index in [0.717, 1.165) is 18.3 Å². The Hall–Kier alpha value is -1.41. The number of nitrogens with zero attached hydrogens (tertiary/aromatic N) is 1. The van der Waals surface area contributed by atoms with Gasteiger partial charge >= 0.3 is 0 Å². The molecule has 1 aromatic rings. The molecule has 1 aliphatic rings. The number of carbonyl (C=O) groups excluding carboxylic acids is 1. The van der Waals surface area contributed by atoms with Crippen LogP contribution in [0.5, 0.6) is 0 Å². The SMILES string of the molecule is O=Cc1ccc(C2=CCN=CC2)c(Cl)c1. The Bertz CT molecular complexity index is 449. The number of aliphatic imine (C=N–C) groups is 1. The lowest BCUT2D eigenvalue weighted by molar-refractivity contribution is 0.112. The Balaban J connectivity index is 2.36. The van der Waals surface area contributed by atoms with Crippen molar-refractivity contribution in [1.29, 1.82) is 0 Å². The summed E-state index contributed by atoms with van der Waals surface area (Å²) in [4.78, 5) is 14.7. The van der Waals surface area contributed by atoms with Gasteiger partial charge in [-0.2, -0.15) is 0 Å². The van der Waals surface area contributed by atoms with E-state index in [0.29, 0.717) is 17.1 Å². The van der Waals surface area contributed by atoms with Gasteiger partial charge in [0.15, 0.2) is 0 Å². The molecule has 0 aliphatic carbocycles. The molecule has 2 nitrogen and oxygen atoms in total. The minimum absolute atomic E-state index is 0.605. The number of rotatable bonds is 2. The van der Waals surface area contributed by atoms with E-state index in [1.54, 1.807) is 12.1 Å². The topological polar surface area (TPSA) is 29.4 Å². The van der Waals surface area contributed by atoms with Gasteiger partial charge in [0.1, 0.15) is 6.29 Å². The number of carbonyl (C=O) groups is 1. The van der Waals surface area contributed by atoms with E-state index >= 15 is 0 Å². The molecule has 0 bridgehead atoms. The third kappa shape index (κ3) is 2.16. The summed E-state index contributed by atoms with van der Waals surface area (Å²) >= 11 is 6.10. The van der Waals surface area contributed by atoms with E-state index in [2.05, 4.69) is 11.1 Å². The molecule has 0 amide bonds. The second-order valence-electron chi connectivity index (χ2n) is 3.34. The maximum atomic E-state index is 10.6. The van der Waals surface area contributed by atoms with Crippen molar-refractivity contribution in [3.8, 4) is 0 Å². The van der Waals surface area contributed by atoms with Crippen molar-refractivity contribution in [3.05, 3.63) is 40.4 Å². The zero-order chi connectivity index (χ0) is 10.7. The number of allylic oxidation sites excluding steroid dienone is 1. The van der Waals surface area contributed by atoms with Crippen LogP contribution in [0.1, 0.15) is 22.3 Å². The summed E-state index contributed by atoms with van der Waals surface area (Å²) in [6.45, 7) is 0.709. The molecular formula is C12H10ClNO. The van der Waals surface area contributed by atoms with E-state index in [9.17, 15) is 4.79 Å². The molecule has 0 aromatic heterocycles. The molecular weight excluding hydrogens is 210 g/mol. The number of hydrogen-bond donors (Lipinski definition) is 0. The molecule has 0 fully saturated rings. The molecule has 1 heterocycles. The summed E-state index contributed by atoms with van der Waals surface area (Å²) in [5.74, 6) is 0. The molecule has 76 valence electrons. The van der Waals surface area contributed by atoms with Crippen LogP contribution in [0.3, 0.4) is 0 Å². The molecule has 0 unspecified atom stereocenters. The summed E-state index contributed by atoms with van der Waals surface area (Å²) in [5, 5.41) is 0.626. The summed E-state index contributed by atoms with van der Waals surface area (Å²) in [6, 6.07) is 5.36. The summed E-state index contributed by atoms with van der Waals surface area (Å²) in [5.41, 5.74) is 2.77. The van der Waals surface area contributed by atoms with Gasteiger partial charge in [-0.05, 0) is 17.2 Å². The van der Waals surface area contributed by atoms with Crippen LogP contribution >= 0.6 is 11.6 Å². The minimum atomic E-state index is 0.605. The number of aldehydes is 1. The lowest BCUT2D eigenvalue weighted by atomic mass is 10.0. The molecule has 0 radical (unpaired) electrons. The summed E-state index contributed by atoms with van der Waals surface area (Å²) in [7, 11) is 0. The number of halogens is 1. The van der Waals surface area contributed by atoms with Crippen LogP contribution < -0.4 is 0 Å². The fourth-order valence-corrected chi connectivity index (χ4v) is 1.88. The Morgan fingerprint density at radius 3 is 2.87 bits per heavy atom. The zero-order valence-electron chi connectivity index (χ0n) is 8.11. The number of hydrogen-bond acceptors (Lipinski definition) is 2. The van der Waals surface area contributed by atoms with Gasteiger partial charge in [-0.25, -0.2) is 0 Å². The van der Waals surface area contributed by atoms with E-state index in [4.69, 9.17) is 11.6 Å². The Kier molecular flexibility index (Phi) is 2.97. The quantitative estimate of drug-likeness (QED) is 0.703. The van der Waals surface area contributed by atoms with Gasteiger partial charge in [0, 0.05) is 23.2 Å². The van der Waals surface area contributed by atoms with Crippen molar-refractivity contribution in [3.63, 3.8) is 0 Å². The molecule has 15 heavy (non-hydrogen) atoms.